The number of rotatable bonds is 3. The first-order valence-corrected chi connectivity index (χ1v) is 6.11. The van der Waals surface area contributed by atoms with Gasteiger partial charge in [-0.3, -0.25) is 4.98 Å². The topological polar surface area (TPSA) is 37.9 Å². The first kappa shape index (κ1) is 11.5. The highest BCUT2D eigenvalue weighted by atomic mass is 16.5. The fraction of sp³-hybridized carbons (Fsp3) is 0.0625. The molecule has 94 valence electrons. The second-order valence-electron chi connectivity index (χ2n) is 4.27. The maximum atomic E-state index is 5.22. The number of hydrogen-bond acceptors (Lipinski definition) is 2. The number of ether oxygens (including phenoxy) is 1. The summed E-state index contributed by atoms with van der Waals surface area (Å²) in [6.07, 6.45) is 5.80. The van der Waals surface area contributed by atoms with Crippen molar-refractivity contribution in [2.24, 2.45) is 0 Å². The molecule has 0 amide bonds. The van der Waals surface area contributed by atoms with E-state index in [4.69, 9.17) is 4.74 Å². The number of H-pyrrole nitrogens is 1. The Bertz CT molecular complexity index is 714. The third-order valence-electron chi connectivity index (χ3n) is 2.97. The molecular weight excluding hydrogens is 236 g/mol. The van der Waals surface area contributed by atoms with Gasteiger partial charge in [0, 0.05) is 22.8 Å². The quantitative estimate of drug-likeness (QED) is 0.769. The van der Waals surface area contributed by atoms with Gasteiger partial charge in [-0.25, -0.2) is 0 Å². The molecule has 0 unspecified atom stereocenters. The molecule has 0 bridgehead atoms. The Labute approximate surface area is 111 Å². The Balaban J connectivity index is 1.91. The van der Waals surface area contributed by atoms with Gasteiger partial charge in [-0.05, 0) is 48.6 Å². The molecule has 2 aromatic heterocycles. The molecule has 0 aliphatic carbocycles. The second kappa shape index (κ2) is 4.98. The van der Waals surface area contributed by atoms with E-state index in [0.717, 1.165) is 28.0 Å². The van der Waals surface area contributed by atoms with Gasteiger partial charge in [-0.15, -0.1) is 0 Å². The van der Waals surface area contributed by atoms with E-state index in [1.54, 1.807) is 13.3 Å². The molecule has 0 saturated heterocycles. The fourth-order valence-corrected chi connectivity index (χ4v) is 2.00. The number of nitrogens with zero attached hydrogens (tertiary/aromatic N) is 1. The zero-order valence-corrected chi connectivity index (χ0v) is 10.6. The minimum atomic E-state index is 0.867. The van der Waals surface area contributed by atoms with E-state index in [-0.39, 0.29) is 0 Å². The van der Waals surface area contributed by atoms with Crippen molar-refractivity contribution in [3.63, 3.8) is 0 Å². The van der Waals surface area contributed by atoms with Crippen LogP contribution >= 0.6 is 0 Å². The van der Waals surface area contributed by atoms with Crippen molar-refractivity contribution in [2.75, 3.05) is 7.11 Å². The van der Waals surface area contributed by atoms with Crippen LogP contribution in [0.5, 0.6) is 5.75 Å². The van der Waals surface area contributed by atoms with E-state index in [1.165, 1.54) is 0 Å². The number of fused-ring (bicyclic) bond motifs is 1. The third-order valence-corrected chi connectivity index (χ3v) is 2.97. The lowest BCUT2D eigenvalue weighted by Crippen LogP contribution is -1.80. The van der Waals surface area contributed by atoms with Crippen LogP contribution in [0.2, 0.25) is 0 Å². The highest BCUT2D eigenvalue weighted by Crippen LogP contribution is 2.22. The van der Waals surface area contributed by atoms with Gasteiger partial charge in [0.25, 0.3) is 0 Å². The van der Waals surface area contributed by atoms with Crippen LogP contribution in [0.15, 0.2) is 48.7 Å². The molecule has 2 heterocycles. The summed E-state index contributed by atoms with van der Waals surface area (Å²) in [6, 6.07) is 13.9. The van der Waals surface area contributed by atoms with Crippen LogP contribution in [0.4, 0.5) is 0 Å². The monoisotopic (exact) mass is 250 g/mol. The van der Waals surface area contributed by atoms with Gasteiger partial charge < -0.3 is 9.72 Å². The van der Waals surface area contributed by atoms with Gasteiger partial charge in [0.1, 0.15) is 5.75 Å². The van der Waals surface area contributed by atoms with Crippen molar-refractivity contribution in [2.45, 2.75) is 0 Å². The molecule has 0 atom stereocenters. The van der Waals surface area contributed by atoms with Crippen LogP contribution in [-0.2, 0) is 0 Å². The Morgan fingerprint density at radius 2 is 2.05 bits per heavy atom. The lowest BCUT2D eigenvalue weighted by molar-refractivity contribution is 0.415. The van der Waals surface area contributed by atoms with E-state index >= 15 is 0 Å². The average Bonchev–Trinajstić information content (AvgIpc) is 2.88. The van der Waals surface area contributed by atoms with E-state index in [1.807, 2.05) is 48.6 Å². The molecule has 19 heavy (non-hydrogen) atoms. The predicted octanol–water partition coefficient (Wildman–Crippen LogP) is 3.74. The van der Waals surface area contributed by atoms with Crippen molar-refractivity contribution in [1.82, 2.24) is 9.97 Å². The number of methoxy groups -OCH3 is 1. The van der Waals surface area contributed by atoms with Gasteiger partial charge in [0.05, 0.1) is 12.8 Å². The average molecular weight is 250 g/mol. The fourth-order valence-electron chi connectivity index (χ4n) is 2.00. The van der Waals surface area contributed by atoms with Crippen LogP contribution in [0.25, 0.3) is 23.1 Å². The van der Waals surface area contributed by atoms with Crippen LogP contribution in [0.1, 0.15) is 11.4 Å². The Morgan fingerprint density at radius 1 is 1.11 bits per heavy atom. The number of aromatic nitrogens is 2. The normalized spacial score (nSPS) is 11.2. The molecule has 0 radical (unpaired) electrons. The molecule has 0 aliphatic heterocycles. The minimum Gasteiger partial charge on any atom is -0.497 e. The van der Waals surface area contributed by atoms with E-state index < -0.39 is 0 Å². The molecule has 0 fully saturated rings. The summed E-state index contributed by atoms with van der Waals surface area (Å²) in [4.78, 5) is 7.60. The summed E-state index contributed by atoms with van der Waals surface area (Å²) >= 11 is 0. The number of hydrogen-bond donors (Lipinski definition) is 1. The molecule has 0 aliphatic rings. The van der Waals surface area contributed by atoms with Crippen molar-refractivity contribution in [3.8, 4) is 5.75 Å². The van der Waals surface area contributed by atoms with Crippen molar-refractivity contribution in [1.29, 1.82) is 0 Å². The zero-order chi connectivity index (χ0) is 13.1. The summed E-state index contributed by atoms with van der Waals surface area (Å²) < 4.78 is 5.22. The van der Waals surface area contributed by atoms with E-state index in [0.29, 0.717) is 0 Å². The lowest BCUT2D eigenvalue weighted by atomic mass is 10.2. The molecule has 1 N–H and O–H groups in total. The highest BCUT2D eigenvalue weighted by molar-refractivity contribution is 5.85. The molecule has 1 aromatic carbocycles. The van der Waals surface area contributed by atoms with Gasteiger partial charge in [0.2, 0.25) is 0 Å². The second-order valence-corrected chi connectivity index (χ2v) is 4.27. The maximum Gasteiger partial charge on any atom is 0.119 e. The maximum absolute atomic E-state index is 5.22. The summed E-state index contributed by atoms with van der Waals surface area (Å²) in [5, 5.41) is 1.14. The Kier molecular flexibility index (Phi) is 3.02. The number of benzene rings is 1. The van der Waals surface area contributed by atoms with E-state index in [9.17, 15) is 0 Å². The number of nitrogens with one attached hydrogen (secondary N) is 1. The van der Waals surface area contributed by atoms with Gasteiger partial charge in [-0.1, -0.05) is 6.07 Å². The van der Waals surface area contributed by atoms with Crippen LogP contribution in [0.3, 0.4) is 0 Å². The van der Waals surface area contributed by atoms with Crippen LogP contribution < -0.4 is 4.74 Å². The molecule has 3 heteroatoms. The summed E-state index contributed by atoms with van der Waals surface area (Å²) in [7, 11) is 1.68. The summed E-state index contributed by atoms with van der Waals surface area (Å²) in [6.45, 7) is 0. The predicted molar refractivity (Wildman–Crippen MR) is 78.0 cm³/mol. The first-order chi connectivity index (χ1) is 9.35. The standard InChI is InChI=1S/C16H14N2O/c1-19-15-7-8-16-12(11-15)10-14(18-16)6-5-13-4-2-3-9-17-13/h2-11,18H,1H3/b6-5+. The van der Waals surface area contributed by atoms with Crippen LogP contribution in [-0.4, -0.2) is 17.1 Å². The molecule has 3 nitrogen and oxygen atoms in total. The minimum absolute atomic E-state index is 0.867. The van der Waals surface area contributed by atoms with Crippen LogP contribution in [0, 0.1) is 0 Å². The Hall–Kier alpha value is -2.55. The summed E-state index contributed by atoms with van der Waals surface area (Å²) in [5.74, 6) is 0.867. The van der Waals surface area contributed by atoms with Gasteiger partial charge in [0.15, 0.2) is 0 Å². The Morgan fingerprint density at radius 3 is 2.84 bits per heavy atom. The van der Waals surface area contributed by atoms with Gasteiger partial charge >= 0.3 is 0 Å². The zero-order valence-electron chi connectivity index (χ0n) is 10.6. The first-order valence-electron chi connectivity index (χ1n) is 6.11. The number of pyridine rings is 1. The molecule has 0 saturated carbocycles. The SMILES string of the molecule is COc1ccc2[nH]c(/C=C/c3ccccn3)cc2c1. The molecule has 3 aromatic rings. The number of aromatic amines is 1. The molecular formula is C16H14N2O. The van der Waals surface area contributed by atoms with Crippen molar-refractivity contribution < 1.29 is 4.74 Å². The molecule has 3 rings (SSSR count). The smallest absolute Gasteiger partial charge is 0.119 e. The van der Waals surface area contributed by atoms with Gasteiger partial charge in [-0.2, -0.15) is 0 Å². The lowest BCUT2D eigenvalue weighted by Gasteiger charge is -1.97. The molecule has 0 spiro atoms. The van der Waals surface area contributed by atoms with Crippen molar-refractivity contribution >= 4 is 23.1 Å². The highest BCUT2D eigenvalue weighted by Gasteiger charge is 2.00. The third kappa shape index (κ3) is 2.50. The largest absolute Gasteiger partial charge is 0.497 e. The van der Waals surface area contributed by atoms with E-state index in [2.05, 4.69) is 16.0 Å². The summed E-state index contributed by atoms with van der Waals surface area (Å²) in [5.41, 5.74) is 3.09. The van der Waals surface area contributed by atoms with Crippen molar-refractivity contribution in [3.05, 3.63) is 60.0 Å².